The van der Waals surface area contributed by atoms with E-state index in [9.17, 15) is 21.6 Å². The van der Waals surface area contributed by atoms with Crippen molar-refractivity contribution in [3.05, 3.63) is 70.8 Å². The number of hydrogen-bond donors (Lipinski definition) is 1. The van der Waals surface area contributed by atoms with Crippen LogP contribution >= 0.6 is 0 Å². The summed E-state index contributed by atoms with van der Waals surface area (Å²) in [6.45, 7) is 9.21. The Morgan fingerprint density at radius 3 is 2.54 bits per heavy atom. The number of pyridine rings is 2. The summed E-state index contributed by atoms with van der Waals surface area (Å²) in [5, 5.41) is 2.99. The maximum absolute atomic E-state index is 14.4. The van der Waals surface area contributed by atoms with Crippen LogP contribution in [0, 0.1) is 12.4 Å². The van der Waals surface area contributed by atoms with Crippen molar-refractivity contribution >= 4 is 38.2 Å². The van der Waals surface area contributed by atoms with E-state index >= 15 is 0 Å². The lowest BCUT2D eigenvalue weighted by atomic mass is 10.1. The number of rotatable bonds is 9. The van der Waals surface area contributed by atoms with Crippen LogP contribution in [0.4, 0.5) is 30.4 Å². The van der Waals surface area contributed by atoms with Crippen molar-refractivity contribution in [1.82, 2.24) is 19.5 Å². The predicted molar refractivity (Wildman–Crippen MR) is 162 cm³/mol. The molecule has 1 unspecified atom stereocenters. The highest BCUT2D eigenvalue weighted by molar-refractivity contribution is 7.90. The number of hydrogen-bond acceptors (Lipinski definition) is 9. The molecule has 6 rings (SSSR count). The summed E-state index contributed by atoms with van der Waals surface area (Å²) in [6.07, 6.45) is 0.685. The quantitative estimate of drug-likeness (QED) is 0.203. The number of fused-ring (bicyclic) bond motifs is 1. The van der Waals surface area contributed by atoms with Crippen molar-refractivity contribution in [3.63, 3.8) is 0 Å². The van der Waals surface area contributed by atoms with E-state index in [2.05, 4.69) is 20.1 Å². The number of sulfone groups is 1. The van der Waals surface area contributed by atoms with Gasteiger partial charge in [-0.2, -0.15) is 0 Å². The van der Waals surface area contributed by atoms with Gasteiger partial charge in [-0.3, -0.25) is 4.57 Å². The molecule has 11 nitrogen and oxygen atoms in total. The van der Waals surface area contributed by atoms with Gasteiger partial charge in [0.25, 0.3) is 6.43 Å². The fourth-order valence-electron chi connectivity index (χ4n) is 5.64. The Hall–Kier alpha value is -4.26. The molecule has 0 spiro atoms. The zero-order chi connectivity index (χ0) is 32.4. The summed E-state index contributed by atoms with van der Waals surface area (Å²) in [5.74, 6) is -0.862. The number of nitrogens with zero attached hydrogens (tertiary/aromatic N) is 5. The minimum absolute atomic E-state index is 0.0347. The summed E-state index contributed by atoms with van der Waals surface area (Å²) in [5.41, 5.74) is 1.22. The molecule has 2 aliphatic rings. The highest BCUT2D eigenvalue weighted by Crippen LogP contribution is 2.37. The van der Waals surface area contributed by atoms with E-state index in [1.165, 1.54) is 10.6 Å². The average Bonchev–Trinajstić information content (AvgIpc) is 3.43. The summed E-state index contributed by atoms with van der Waals surface area (Å²) in [4.78, 5) is 16.7. The van der Waals surface area contributed by atoms with E-state index < -0.39 is 34.1 Å². The van der Waals surface area contributed by atoms with Gasteiger partial charge in [-0.15, -0.1) is 4.98 Å². The van der Waals surface area contributed by atoms with Gasteiger partial charge < -0.3 is 24.4 Å². The maximum Gasteiger partial charge on any atom is 0.312 e. The van der Waals surface area contributed by atoms with Crippen LogP contribution in [0.2, 0.25) is 0 Å². The number of anilines is 2. The highest BCUT2D eigenvalue weighted by atomic mass is 32.2. The number of aromatic nitrogens is 4. The summed E-state index contributed by atoms with van der Waals surface area (Å²) in [7, 11) is -3.88. The number of ether oxygens (including phenoxy) is 3. The van der Waals surface area contributed by atoms with Crippen molar-refractivity contribution < 1.29 is 35.8 Å². The molecule has 15 heteroatoms. The molecule has 5 heterocycles. The molecule has 0 aliphatic carbocycles. The van der Waals surface area contributed by atoms with E-state index in [0.717, 1.165) is 31.2 Å². The van der Waals surface area contributed by atoms with Crippen LogP contribution < -0.4 is 10.1 Å². The lowest BCUT2D eigenvalue weighted by Gasteiger charge is -2.25. The van der Waals surface area contributed by atoms with Crippen molar-refractivity contribution in [2.45, 2.75) is 62.2 Å². The molecule has 0 saturated carbocycles. The fourth-order valence-corrected chi connectivity index (χ4v) is 6.48. The first-order chi connectivity index (χ1) is 22.1. The Balaban J connectivity index is 1.44. The molecule has 2 aliphatic heterocycles. The maximum atomic E-state index is 14.4. The van der Waals surface area contributed by atoms with Gasteiger partial charge in [0.15, 0.2) is 21.3 Å². The molecule has 2 saturated heterocycles. The molecular formula is C31H31F3N6O5S. The minimum Gasteiger partial charge on any atom is -0.499 e. The van der Waals surface area contributed by atoms with Crippen LogP contribution in [-0.4, -0.2) is 60.1 Å². The molecule has 1 atom stereocenters. The molecule has 3 aromatic heterocycles. The molecule has 242 valence electrons. The van der Waals surface area contributed by atoms with Gasteiger partial charge >= 0.3 is 5.82 Å². The molecule has 0 amide bonds. The summed E-state index contributed by atoms with van der Waals surface area (Å²) >= 11 is 0. The van der Waals surface area contributed by atoms with Crippen LogP contribution in [0.3, 0.4) is 0 Å². The van der Waals surface area contributed by atoms with Crippen LogP contribution in [0.15, 0.2) is 41.3 Å². The first-order valence-corrected chi connectivity index (χ1v) is 16.7. The van der Waals surface area contributed by atoms with E-state index in [-0.39, 0.29) is 45.8 Å². The van der Waals surface area contributed by atoms with Gasteiger partial charge in [0.1, 0.15) is 35.1 Å². The molecular weight excluding hydrogens is 625 g/mol. The Kier molecular flexibility index (Phi) is 9.12. The van der Waals surface area contributed by atoms with Gasteiger partial charge in [0.05, 0.1) is 41.6 Å². The van der Waals surface area contributed by atoms with E-state index in [0.29, 0.717) is 56.2 Å². The van der Waals surface area contributed by atoms with E-state index in [1.807, 2.05) is 0 Å². The van der Waals surface area contributed by atoms with Crippen molar-refractivity contribution in [3.8, 4) is 5.75 Å². The fraction of sp³-hybridized carbons (Fsp3) is 0.419. The van der Waals surface area contributed by atoms with Crippen LogP contribution in [0.5, 0.6) is 5.75 Å². The number of benzene rings is 1. The first kappa shape index (κ1) is 31.7. The topological polar surface area (TPSA) is 122 Å². The van der Waals surface area contributed by atoms with E-state index in [1.54, 1.807) is 18.2 Å². The molecule has 1 aromatic carbocycles. The smallest absolute Gasteiger partial charge is 0.312 e. The summed E-state index contributed by atoms with van der Waals surface area (Å²) < 4.78 is 86.5. The van der Waals surface area contributed by atoms with Crippen molar-refractivity contribution in [1.29, 1.82) is 0 Å². The summed E-state index contributed by atoms with van der Waals surface area (Å²) in [6, 6.07) is 8.17. The Bertz CT molecular complexity index is 1900. The monoisotopic (exact) mass is 656 g/mol. The second-order valence-electron chi connectivity index (χ2n) is 11.2. The third kappa shape index (κ3) is 6.79. The molecule has 0 radical (unpaired) electrons. The number of nitrogens with one attached hydrogen (secondary N) is 1. The first-order valence-electron chi connectivity index (χ1n) is 14.8. The Labute approximate surface area is 263 Å². The number of halogens is 3. The molecule has 1 N–H and O–H groups in total. The normalized spacial score (nSPS) is 17.7. The van der Waals surface area contributed by atoms with Gasteiger partial charge in [-0.25, -0.2) is 31.6 Å². The SMILES string of the molecule is [C-]#[N+]c1nc(Cc2cc(Nc3ccc(F)cc3S(C)(=O)=O)c3nc(C(F)F)n(C4CCCCO4)c3n2)ccc1OC1CCOCC1. The molecule has 46 heavy (non-hydrogen) atoms. The van der Waals surface area contributed by atoms with Gasteiger partial charge in [0.2, 0.25) is 0 Å². The third-order valence-electron chi connectivity index (χ3n) is 7.81. The second-order valence-corrected chi connectivity index (χ2v) is 13.2. The van der Waals surface area contributed by atoms with Gasteiger partial charge in [-0.1, -0.05) is 6.57 Å². The molecule has 0 bridgehead atoms. The highest BCUT2D eigenvalue weighted by Gasteiger charge is 2.30. The number of alkyl halides is 2. The van der Waals surface area contributed by atoms with Gasteiger partial charge in [0, 0.05) is 25.7 Å². The van der Waals surface area contributed by atoms with Gasteiger partial charge in [-0.05, 0) is 55.7 Å². The molecule has 2 fully saturated rings. The van der Waals surface area contributed by atoms with Crippen LogP contribution in [0.25, 0.3) is 16.0 Å². The van der Waals surface area contributed by atoms with Crippen LogP contribution in [0.1, 0.15) is 62.0 Å². The standard InChI is InChI=1S/C31H31F3N6O5S/c1-35-29-24(45-21-10-13-43-14-11-21)9-7-19(36-29)16-20-17-23(38-22-8-6-18(32)15-25(22)46(2,41)42)27-30(37-20)40(31(39-27)28(33)34)26-5-3-4-12-44-26/h6-9,15,17,21,26,28H,3-5,10-14,16H2,2H3,(H,37,38). The van der Waals surface area contributed by atoms with Crippen molar-refractivity contribution in [2.24, 2.45) is 0 Å². The zero-order valence-corrected chi connectivity index (χ0v) is 25.7. The van der Waals surface area contributed by atoms with Crippen molar-refractivity contribution in [2.75, 3.05) is 31.4 Å². The average molecular weight is 657 g/mol. The minimum atomic E-state index is -3.88. The largest absolute Gasteiger partial charge is 0.499 e. The second kappa shape index (κ2) is 13.2. The lowest BCUT2D eigenvalue weighted by molar-refractivity contribution is -0.0363. The lowest BCUT2D eigenvalue weighted by Crippen LogP contribution is -2.25. The molecule has 4 aromatic rings. The van der Waals surface area contributed by atoms with Crippen LogP contribution in [-0.2, 0) is 25.7 Å². The third-order valence-corrected chi connectivity index (χ3v) is 8.94. The number of imidazole rings is 1. The zero-order valence-electron chi connectivity index (χ0n) is 24.9. The Morgan fingerprint density at radius 2 is 1.85 bits per heavy atom. The Morgan fingerprint density at radius 1 is 1.04 bits per heavy atom. The van der Waals surface area contributed by atoms with E-state index in [4.69, 9.17) is 25.8 Å². The predicted octanol–water partition coefficient (Wildman–Crippen LogP) is 6.45.